The van der Waals surface area contributed by atoms with E-state index in [1.165, 1.54) is 18.4 Å². The van der Waals surface area contributed by atoms with Crippen molar-refractivity contribution < 1.29 is 14.2 Å². The van der Waals surface area contributed by atoms with Crippen LogP contribution in [0, 0.1) is 0 Å². The van der Waals surface area contributed by atoms with E-state index in [1.807, 2.05) is 6.07 Å². The summed E-state index contributed by atoms with van der Waals surface area (Å²) >= 11 is 0. The Morgan fingerprint density at radius 1 is 0.929 bits per heavy atom. The Kier molecular flexibility index (Phi) is 8.02. The summed E-state index contributed by atoms with van der Waals surface area (Å²) in [7, 11) is 6.58. The van der Waals surface area contributed by atoms with Gasteiger partial charge in [-0.05, 0) is 24.5 Å². The number of rotatable bonds is 10. The standard InChI is InChI=1S/C22H31N3O3/c1-6-7-8-15-9-11-16(12-10-15)22(25-24-2)21(23)17-13-19(27-4)20(28-5)14-18(17)26-3/h9-14,24-25H,6-8,23H2,1-5H3/b22-21-. The number of methoxy groups -OCH3 is 3. The van der Waals surface area contributed by atoms with E-state index in [9.17, 15) is 0 Å². The van der Waals surface area contributed by atoms with Crippen LogP contribution < -0.4 is 30.8 Å². The number of benzene rings is 2. The SMILES string of the molecule is CCCCc1ccc(/C(NNC)=C(/N)c2cc(OC)c(OC)cc2OC)cc1. The van der Waals surface area contributed by atoms with Crippen LogP contribution in [0.1, 0.15) is 36.5 Å². The van der Waals surface area contributed by atoms with Crippen LogP contribution in [0.15, 0.2) is 36.4 Å². The Bertz CT molecular complexity index is 801. The van der Waals surface area contributed by atoms with Crippen molar-refractivity contribution in [3.63, 3.8) is 0 Å². The van der Waals surface area contributed by atoms with Gasteiger partial charge in [0.15, 0.2) is 11.5 Å². The van der Waals surface area contributed by atoms with Gasteiger partial charge in [-0.2, -0.15) is 0 Å². The molecule has 0 aliphatic heterocycles. The average Bonchev–Trinajstić information content (AvgIpc) is 2.74. The number of nitrogens with two attached hydrogens (primary N) is 1. The van der Waals surface area contributed by atoms with Crippen molar-refractivity contribution >= 4 is 11.4 Å². The molecule has 0 aliphatic carbocycles. The van der Waals surface area contributed by atoms with Crippen LogP contribution >= 0.6 is 0 Å². The highest BCUT2D eigenvalue weighted by molar-refractivity contribution is 5.90. The second-order valence-corrected chi connectivity index (χ2v) is 6.37. The molecule has 0 radical (unpaired) electrons. The largest absolute Gasteiger partial charge is 0.496 e. The smallest absolute Gasteiger partial charge is 0.164 e. The van der Waals surface area contributed by atoms with Gasteiger partial charge in [-0.3, -0.25) is 0 Å². The number of hydrazine groups is 1. The first-order chi connectivity index (χ1) is 13.6. The van der Waals surface area contributed by atoms with E-state index in [2.05, 4.69) is 42.0 Å². The first-order valence-electron chi connectivity index (χ1n) is 9.41. The fourth-order valence-corrected chi connectivity index (χ4v) is 3.01. The summed E-state index contributed by atoms with van der Waals surface area (Å²) in [5.74, 6) is 1.77. The molecular formula is C22H31N3O3. The predicted octanol–water partition coefficient (Wildman–Crippen LogP) is 3.56. The van der Waals surface area contributed by atoms with Gasteiger partial charge in [0.1, 0.15) is 5.75 Å². The lowest BCUT2D eigenvalue weighted by Gasteiger charge is -2.18. The summed E-state index contributed by atoms with van der Waals surface area (Å²) in [5, 5.41) is 0. The second-order valence-electron chi connectivity index (χ2n) is 6.37. The van der Waals surface area contributed by atoms with Crippen molar-refractivity contribution in [2.75, 3.05) is 28.4 Å². The molecule has 0 spiro atoms. The minimum Gasteiger partial charge on any atom is -0.496 e. The van der Waals surface area contributed by atoms with Crippen LogP contribution in [0.2, 0.25) is 0 Å². The molecule has 2 aromatic carbocycles. The Balaban J connectivity index is 2.53. The molecule has 6 heteroatoms. The van der Waals surface area contributed by atoms with Gasteiger partial charge in [0.05, 0.1) is 32.7 Å². The van der Waals surface area contributed by atoms with Gasteiger partial charge in [0.25, 0.3) is 0 Å². The average molecular weight is 386 g/mol. The molecule has 2 aromatic rings. The fraction of sp³-hybridized carbons (Fsp3) is 0.364. The quantitative estimate of drug-likeness (QED) is 0.429. The van der Waals surface area contributed by atoms with Gasteiger partial charge < -0.3 is 25.4 Å². The summed E-state index contributed by atoms with van der Waals surface area (Å²) in [4.78, 5) is 0. The maximum atomic E-state index is 6.57. The van der Waals surface area contributed by atoms with Crippen molar-refractivity contribution in [3.05, 3.63) is 53.1 Å². The van der Waals surface area contributed by atoms with Crippen LogP contribution in [0.5, 0.6) is 17.2 Å². The van der Waals surface area contributed by atoms with E-state index in [1.54, 1.807) is 34.4 Å². The molecule has 0 unspecified atom stereocenters. The molecule has 0 heterocycles. The zero-order valence-electron chi connectivity index (χ0n) is 17.4. The summed E-state index contributed by atoms with van der Waals surface area (Å²) in [6, 6.07) is 12.0. The maximum absolute atomic E-state index is 6.57. The van der Waals surface area contributed by atoms with E-state index in [0.29, 0.717) is 28.5 Å². The maximum Gasteiger partial charge on any atom is 0.164 e. The molecule has 0 bridgehead atoms. The van der Waals surface area contributed by atoms with Crippen molar-refractivity contribution in [1.82, 2.24) is 10.9 Å². The fourth-order valence-electron chi connectivity index (χ4n) is 3.01. The summed E-state index contributed by atoms with van der Waals surface area (Å²) in [6.07, 6.45) is 3.44. The first kappa shape index (κ1) is 21.4. The van der Waals surface area contributed by atoms with Crippen LogP contribution in [-0.4, -0.2) is 28.4 Å². The molecule has 2 rings (SSSR count). The van der Waals surface area contributed by atoms with Crippen molar-refractivity contribution in [3.8, 4) is 17.2 Å². The van der Waals surface area contributed by atoms with Gasteiger partial charge in [-0.15, -0.1) is 0 Å². The van der Waals surface area contributed by atoms with Crippen LogP contribution in [0.25, 0.3) is 11.4 Å². The number of unbranched alkanes of at least 4 members (excludes halogenated alkanes) is 1. The minimum atomic E-state index is 0.536. The lowest BCUT2D eigenvalue weighted by molar-refractivity contribution is 0.348. The van der Waals surface area contributed by atoms with Crippen molar-refractivity contribution in [1.29, 1.82) is 0 Å². The van der Waals surface area contributed by atoms with Crippen LogP contribution in [0.4, 0.5) is 0 Å². The summed E-state index contributed by atoms with van der Waals surface area (Å²) in [5.41, 5.74) is 17.0. The summed E-state index contributed by atoms with van der Waals surface area (Å²) in [6.45, 7) is 2.20. The highest BCUT2D eigenvalue weighted by Crippen LogP contribution is 2.38. The second kappa shape index (κ2) is 10.5. The van der Waals surface area contributed by atoms with E-state index >= 15 is 0 Å². The molecule has 0 atom stereocenters. The highest BCUT2D eigenvalue weighted by atomic mass is 16.5. The van der Waals surface area contributed by atoms with E-state index in [0.717, 1.165) is 17.7 Å². The van der Waals surface area contributed by atoms with Gasteiger partial charge in [0, 0.05) is 24.2 Å². The number of aryl methyl sites for hydroxylation is 1. The lowest BCUT2D eigenvalue weighted by Crippen LogP contribution is -2.28. The molecule has 152 valence electrons. The zero-order valence-corrected chi connectivity index (χ0v) is 17.4. The third-order valence-electron chi connectivity index (χ3n) is 4.58. The van der Waals surface area contributed by atoms with Crippen molar-refractivity contribution in [2.45, 2.75) is 26.2 Å². The van der Waals surface area contributed by atoms with Crippen LogP contribution in [-0.2, 0) is 6.42 Å². The third-order valence-corrected chi connectivity index (χ3v) is 4.58. The van der Waals surface area contributed by atoms with E-state index < -0.39 is 0 Å². The molecule has 0 amide bonds. The Labute approximate surface area is 167 Å². The molecular weight excluding hydrogens is 354 g/mol. The Morgan fingerprint density at radius 2 is 1.54 bits per heavy atom. The Morgan fingerprint density at radius 3 is 2.07 bits per heavy atom. The van der Waals surface area contributed by atoms with E-state index in [-0.39, 0.29) is 0 Å². The molecule has 0 saturated carbocycles. The molecule has 4 N–H and O–H groups in total. The molecule has 6 nitrogen and oxygen atoms in total. The molecule has 28 heavy (non-hydrogen) atoms. The summed E-state index contributed by atoms with van der Waals surface area (Å²) < 4.78 is 16.3. The van der Waals surface area contributed by atoms with Gasteiger partial charge in [-0.1, -0.05) is 37.6 Å². The monoisotopic (exact) mass is 385 g/mol. The predicted molar refractivity (Wildman–Crippen MR) is 114 cm³/mol. The van der Waals surface area contributed by atoms with Crippen molar-refractivity contribution in [2.24, 2.45) is 5.73 Å². The molecule has 0 aromatic heterocycles. The number of hydrogen-bond donors (Lipinski definition) is 3. The van der Waals surface area contributed by atoms with Crippen LogP contribution in [0.3, 0.4) is 0 Å². The minimum absolute atomic E-state index is 0.536. The molecule has 0 aliphatic rings. The molecule has 0 fully saturated rings. The molecule has 0 saturated heterocycles. The first-order valence-corrected chi connectivity index (χ1v) is 9.41. The van der Waals surface area contributed by atoms with Gasteiger partial charge in [0.2, 0.25) is 0 Å². The Hall–Kier alpha value is -2.86. The number of nitrogens with one attached hydrogen (secondary N) is 2. The third kappa shape index (κ3) is 4.89. The van der Waals surface area contributed by atoms with E-state index in [4.69, 9.17) is 19.9 Å². The van der Waals surface area contributed by atoms with Gasteiger partial charge >= 0.3 is 0 Å². The highest BCUT2D eigenvalue weighted by Gasteiger charge is 2.17. The zero-order chi connectivity index (χ0) is 20.5. The number of ether oxygens (including phenoxy) is 3. The van der Waals surface area contributed by atoms with Gasteiger partial charge in [-0.25, -0.2) is 5.43 Å². The number of hydrogen-bond acceptors (Lipinski definition) is 6. The topological polar surface area (TPSA) is 77.8 Å². The normalized spacial score (nSPS) is 11.6. The lowest BCUT2D eigenvalue weighted by atomic mass is 10.0.